The van der Waals surface area contributed by atoms with Crippen LogP contribution in [-0.2, 0) is 9.84 Å². The van der Waals surface area contributed by atoms with Crippen LogP contribution in [0.2, 0.25) is 5.02 Å². The summed E-state index contributed by atoms with van der Waals surface area (Å²) in [4.78, 5) is 0.233. The van der Waals surface area contributed by atoms with E-state index in [0.717, 1.165) is 0 Å². The zero-order chi connectivity index (χ0) is 11.1. The Labute approximate surface area is 94.2 Å². The molecule has 0 aromatic heterocycles. The number of hydrogen-bond acceptors (Lipinski definition) is 3. The number of rotatable bonds is 0. The van der Waals surface area contributed by atoms with Crippen molar-refractivity contribution >= 4 is 21.4 Å². The Balaban J connectivity index is 2.74. The summed E-state index contributed by atoms with van der Waals surface area (Å²) >= 11 is 5.93. The Bertz CT molecular complexity index is 484. The Morgan fingerprint density at radius 3 is 2.87 bits per heavy atom. The number of nitrogens with two attached hydrogens (primary N) is 1. The molecule has 82 valence electrons. The molecule has 0 aliphatic carbocycles. The summed E-state index contributed by atoms with van der Waals surface area (Å²) in [7, 11) is -3.25. The van der Waals surface area contributed by atoms with E-state index in [1.807, 2.05) is 0 Å². The van der Waals surface area contributed by atoms with Gasteiger partial charge in [0.2, 0.25) is 0 Å². The largest absolute Gasteiger partial charge is 0.324 e. The van der Waals surface area contributed by atoms with Gasteiger partial charge in [0.25, 0.3) is 0 Å². The molecule has 0 saturated heterocycles. The standard InChI is InChI=1S/C10H12ClNO2S/c11-8-4-1-3-7-9(12)5-2-6-15(13,14)10(7)8/h1,3-4,9H,2,5-6,12H2. The molecule has 5 heteroatoms. The molecule has 1 aliphatic heterocycles. The number of sulfone groups is 1. The van der Waals surface area contributed by atoms with E-state index in [-0.39, 0.29) is 21.7 Å². The predicted octanol–water partition coefficient (Wildman–Crippen LogP) is 1.91. The fourth-order valence-electron chi connectivity index (χ4n) is 1.90. The highest BCUT2D eigenvalue weighted by molar-refractivity contribution is 7.91. The lowest BCUT2D eigenvalue weighted by Gasteiger charge is -2.12. The van der Waals surface area contributed by atoms with E-state index in [2.05, 4.69) is 0 Å². The summed E-state index contributed by atoms with van der Waals surface area (Å²) in [5.74, 6) is 0.136. The van der Waals surface area contributed by atoms with Gasteiger partial charge >= 0.3 is 0 Å². The van der Waals surface area contributed by atoms with Crippen molar-refractivity contribution < 1.29 is 8.42 Å². The first-order chi connectivity index (χ1) is 7.02. The lowest BCUT2D eigenvalue weighted by molar-refractivity contribution is 0.594. The summed E-state index contributed by atoms with van der Waals surface area (Å²) in [5, 5.41) is 0.282. The average Bonchev–Trinajstić information content (AvgIpc) is 2.26. The van der Waals surface area contributed by atoms with Gasteiger partial charge in [-0.1, -0.05) is 23.7 Å². The van der Waals surface area contributed by atoms with Crippen molar-refractivity contribution in [3.05, 3.63) is 28.8 Å². The molecular formula is C10H12ClNO2S. The third-order valence-electron chi connectivity index (χ3n) is 2.64. The molecule has 3 nitrogen and oxygen atoms in total. The van der Waals surface area contributed by atoms with Gasteiger partial charge in [-0.15, -0.1) is 0 Å². The zero-order valence-electron chi connectivity index (χ0n) is 8.11. The van der Waals surface area contributed by atoms with E-state index in [1.54, 1.807) is 18.2 Å². The van der Waals surface area contributed by atoms with Gasteiger partial charge in [0.05, 0.1) is 15.7 Å². The van der Waals surface area contributed by atoms with E-state index < -0.39 is 9.84 Å². The highest BCUT2D eigenvalue weighted by Crippen LogP contribution is 2.34. The normalized spacial score (nSPS) is 24.3. The molecule has 0 amide bonds. The zero-order valence-corrected chi connectivity index (χ0v) is 9.68. The molecule has 1 aromatic carbocycles. The van der Waals surface area contributed by atoms with Crippen LogP contribution in [0.25, 0.3) is 0 Å². The quantitative estimate of drug-likeness (QED) is 0.760. The van der Waals surface area contributed by atoms with Gasteiger partial charge in [-0.3, -0.25) is 0 Å². The molecule has 1 aliphatic rings. The van der Waals surface area contributed by atoms with Gasteiger partial charge in [0.1, 0.15) is 0 Å². The van der Waals surface area contributed by atoms with Crippen molar-refractivity contribution in [2.24, 2.45) is 5.73 Å². The molecule has 1 aromatic rings. The Kier molecular flexibility index (Phi) is 2.75. The van der Waals surface area contributed by atoms with E-state index in [1.165, 1.54) is 0 Å². The summed E-state index contributed by atoms with van der Waals surface area (Å²) < 4.78 is 23.8. The van der Waals surface area contributed by atoms with Crippen LogP contribution in [0.4, 0.5) is 0 Å². The summed E-state index contributed by atoms with van der Waals surface area (Å²) in [5.41, 5.74) is 6.57. The van der Waals surface area contributed by atoms with Crippen LogP contribution < -0.4 is 5.73 Å². The number of hydrogen-bond donors (Lipinski definition) is 1. The van der Waals surface area contributed by atoms with E-state index in [9.17, 15) is 8.42 Å². The third-order valence-corrected chi connectivity index (χ3v) is 4.97. The molecule has 1 unspecified atom stereocenters. The molecule has 1 atom stereocenters. The van der Waals surface area contributed by atoms with Crippen LogP contribution in [0.3, 0.4) is 0 Å². The van der Waals surface area contributed by atoms with Crippen molar-refractivity contribution in [2.45, 2.75) is 23.8 Å². The lowest BCUT2D eigenvalue weighted by atomic mass is 10.0. The number of benzene rings is 1. The Morgan fingerprint density at radius 1 is 1.40 bits per heavy atom. The van der Waals surface area contributed by atoms with Gasteiger partial charge in [-0.05, 0) is 24.5 Å². The van der Waals surface area contributed by atoms with Gasteiger partial charge in [0, 0.05) is 6.04 Å². The summed E-state index contributed by atoms with van der Waals surface area (Å²) in [6, 6.07) is 4.85. The first-order valence-electron chi connectivity index (χ1n) is 4.79. The molecular weight excluding hydrogens is 234 g/mol. The lowest BCUT2D eigenvalue weighted by Crippen LogP contribution is -2.11. The third kappa shape index (κ3) is 1.89. The minimum absolute atomic E-state index is 0.136. The first kappa shape index (κ1) is 10.9. The Hall–Kier alpha value is -0.580. The van der Waals surface area contributed by atoms with Gasteiger partial charge in [-0.2, -0.15) is 0 Å². The molecule has 0 radical (unpaired) electrons. The monoisotopic (exact) mass is 245 g/mol. The summed E-state index contributed by atoms with van der Waals surface area (Å²) in [6.45, 7) is 0. The SMILES string of the molecule is NC1CCCS(=O)(=O)c2c(Cl)cccc21. The molecule has 0 fully saturated rings. The van der Waals surface area contributed by atoms with Crippen molar-refractivity contribution in [1.29, 1.82) is 0 Å². The maximum atomic E-state index is 11.9. The smallest absolute Gasteiger partial charge is 0.180 e. The van der Waals surface area contributed by atoms with Gasteiger partial charge in [0.15, 0.2) is 9.84 Å². The summed E-state index contributed by atoms with van der Waals surface area (Å²) in [6.07, 6.45) is 1.28. The van der Waals surface area contributed by atoms with Gasteiger partial charge < -0.3 is 5.73 Å². The minimum atomic E-state index is -3.25. The second-order valence-corrected chi connectivity index (χ2v) is 6.18. The minimum Gasteiger partial charge on any atom is -0.324 e. The van der Waals surface area contributed by atoms with E-state index >= 15 is 0 Å². The number of halogens is 1. The van der Waals surface area contributed by atoms with E-state index in [4.69, 9.17) is 17.3 Å². The second kappa shape index (κ2) is 3.77. The molecule has 1 heterocycles. The van der Waals surface area contributed by atoms with Crippen molar-refractivity contribution in [2.75, 3.05) is 5.75 Å². The topological polar surface area (TPSA) is 60.2 Å². The van der Waals surface area contributed by atoms with Gasteiger partial charge in [-0.25, -0.2) is 8.42 Å². The fourth-order valence-corrected chi connectivity index (χ4v) is 4.13. The van der Waals surface area contributed by atoms with Crippen LogP contribution in [0.15, 0.2) is 23.1 Å². The van der Waals surface area contributed by atoms with Crippen LogP contribution in [0, 0.1) is 0 Å². The molecule has 2 N–H and O–H groups in total. The average molecular weight is 246 g/mol. The molecule has 0 spiro atoms. The molecule has 0 saturated carbocycles. The number of fused-ring (bicyclic) bond motifs is 1. The predicted molar refractivity (Wildman–Crippen MR) is 59.7 cm³/mol. The highest BCUT2D eigenvalue weighted by Gasteiger charge is 2.27. The van der Waals surface area contributed by atoms with Crippen molar-refractivity contribution in [3.8, 4) is 0 Å². The highest BCUT2D eigenvalue weighted by atomic mass is 35.5. The molecule has 15 heavy (non-hydrogen) atoms. The van der Waals surface area contributed by atoms with Crippen LogP contribution in [0.5, 0.6) is 0 Å². The molecule has 2 rings (SSSR count). The maximum Gasteiger partial charge on any atom is 0.180 e. The van der Waals surface area contributed by atoms with Crippen LogP contribution in [0.1, 0.15) is 24.4 Å². The fraction of sp³-hybridized carbons (Fsp3) is 0.400. The maximum absolute atomic E-state index is 11.9. The molecule has 0 bridgehead atoms. The van der Waals surface area contributed by atoms with Crippen LogP contribution in [-0.4, -0.2) is 14.2 Å². The Morgan fingerprint density at radius 2 is 2.13 bits per heavy atom. The second-order valence-electron chi connectivity index (χ2n) is 3.73. The van der Waals surface area contributed by atoms with Crippen LogP contribution >= 0.6 is 11.6 Å². The van der Waals surface area contributed by atoms with Crippen molar-refractivity contribution in [3.63, 3.8) is 0 Å². The van der Waals surface area contributed by atoms with E-state index in [0.29, 0.717) is 18.4 Å². The first-order valence-corrected chi connectivity index (χ1v) is 6.82. The van der Waals surface area contributed by atoms with Crippen molar-refractivity contribution in [1.82, 2.24) is 0 Å².